The van der Waals surface area contributed by atoms with Crippen molar-refractivity contribution in [1.82, 2.24) is 9.21 Å². The summed E-state index contributed by atoms with van der Waals surface area (Å²) in [5, 5.41) is 0. The molecule has 2 aliphatic rings. The van der Waals surface area contributed by atoms with E-state index in [4.69, 9.17) is 0 Å². The number of sulfonamides is 1. The summed E-state index contributed by atoms with van der Waals surface area (Å²) in [6.07, 6.45) is 3.31. The predicted molar refractivity (Wildman–Crippen MR) is 78.6 cm³/mol. The summed E-state index contributed by atoms with van der Waals surface area (Å²) in [4.78, 5) is 2.36. The zero-order chi connectivity index (χ0) is 14.1. The number of hydrogen-bond acceptors (Lipinski definition) is 3. The highest BCUT2D eigenvalue weighted by Crippen LogP contribution is 2.53. The van der Waals surface area contributed by atoms with Crippen LogP contribution in [0.2, 0.25) is 0 Å². The lowest BCUT2D eigenvalue weighted by Gasteiger charge is -2.35. The topological polar surface area (TPSA) is 40.6 Å². The van der Waals surface area contributed by atoms with E-state index in [-0.39, 0.29) is 5.41 Å². The summed E-state index contributed by atoms with van der Waals surface area (Å²) >= 11 is 0. The molecule has 0 unspecified atom stereocenters. The maximum atomic E-state index is 12.5. The first kappa shape index (κ1) is 15.3. The lowest BCUT2D eigenvalue weighted by molar-refractivity contribution is 0.187. The zero-order valence-electron chi connectivity index (χ0n) is 12.6. The Morgan fingerprint density at radius 1 is 1.11 bits per heavy atom. The van der Waals surface area contributed by atoms with E-state index in [2.05, 4.69) is 25.7 Å². The van der Waals surface area contributed by atoms with Gasteiger partial charge in [-0.25, -0.2) is 8.42 Å². The molecule has 0 aromatic heterocycles. The molecular weight excluding hydrogens is 260 g/mol. The first-order chi connectivity index (χ1) is 8.89. The molecule has 1 aliphatic heterocycles. The van der Waals surface area contributed by atoms with Gasteiger partial charge in [0, 0.05) is 26.2 Å². The van der Waals surface area contributed by atoms with Crippen LogP contribution >= 0.6 is 0 Å². The normalized spacial score (nSPS) is 24.8. The van der Waals surface area contributed by atoms with Crippen LogP contribution in [0.25, 0.3) is 0 Å². The van der Waals surface area contributed by atoms with Gasteiger partial charge in [0.1, 0.15) is 0 Å². The van der Waals surface area contributed by atoms with Crippen molar-refractivity contribution in [2.24, 2.45) is 11.3 Å². The molecule has 1 heterocycles. The molecule has 0 aromatic rings. The van der Waals surface area contributed by atoms with Crippen molar-refractivity contribution in [3.05, 3.63) is 0 Å². The van der Waals surface area contributed by atoms with Gasteiger partial charge < -0.3 is 4.90 Å². The van der Waals surface area contributed by atoms with Crippen molar-refractivity contribution >= 4 is 10.0 Å². The standard InChI is InChI=1S/C14H28N2O2S/c1-4-7-15-8-10-16(11-9-15)19(17,18)12-14(5-6-14)13(2)3/h13H,4-12H2,1-3H3. The third-order valence-corrected chi connectivity index (χ3v) is 6.94. The van der Waals surface area contributed by atoms with Gasteiger partial charge in [-0.1, -0.05) is 20.8 Å². The van der Waals surface area contributed by atoms with E-state index < -0.39 is 10.0 Å². The Morgan fingerprint density at radius 3 is 2.11 bits per heavy atom. The van der Waals surface area contributed by atoms with Crippen LogP contribution in [-0.4, -0.2) is 56.1 Å². The van der Waals surface area contributed by atoms with Crippen molar-refractivity contribution in [2.75, 3.05) is 38.5 Å². The molecule has 1 saturated carbocycles. The van der Waals surface area contributed by atoms with Crippen LogP contribution < -0.4 is 0 Å². The Labute approximate surface area is 118 Å². The summed E-state index contributed by atoms with van der Waals surface area (Å²) < 4.78 is 26.8. The second-order valence-electron chi connectivity index (χ2n) is 6.51. The molecule has 112 valence electrons. The van der Waals surface area contributed by atoms with E-state index in [1.54, 1.807) is 4.31 Å². The molecular formula is C14H28N2O2S. The highest BCUT2D eigenvalue weighted by atomic mass is 32.2. The van der Waals surface area contributed by atoms with E-state index in [1.165, 1.54) is 0 Å². The van der Waals surface area contributed by atoms with Crippen molar-refractivity contribution in [3.63, 3.8) is 0 Å². The van der Waals surface area contributed by atoms with Gasteiger partial charge in [-0.3, -0.25) is 0 Å². The van der Waals surface area contributed by atoms with Gasteiger partial charge in [-0.15, -0.1) is 0 Å². The second-order valence-corrected chi connectivity index (χ2v) is 8.48. The minimum Gasteiger partial charge on any atom is -0.301 e. The zero-order valence-corrected chi connectivity index (χ0v) is 13.4. The average Bonchev–Trinajstić information content (AvgIpc) is 3.10. The highest BCUT2D eigenvalue weighted by molar-refractivity contribution is 7.89. The van der Waals surface area contributed by atoms with Gasteiger partial charge in [0.25, 0.3) is 0 Å². The Bertz CT molecular complexity index is 394. The summed E-state index contributed by atoms with van der Waals surface area (Å²) in [6.45, 7) is 10.7. The fraction of sp³-hybridized carbons (Fsp3) is 1.00. The van der Waals surface area contributed by atoms with Crippen LogP contribution in [0.3, 0.4) is 0 Å². The van der Waals surface area contributed by atoms with Gasteiger partial charge in [-0.2, -0.15) is 4.31 Å². The monoisotopic (exact) mass is 288 g/mol. The van der Waals surface area contributed by atoms with E-state index in [0.717, 1.165) is 38.9 Å². The molecule has 2 rings (SSSR count). The molecule has 2 fully saturated rings. The Morgan fingerprint density at radius 2 is 1.68 bits per heavy atom. The highest BCUT2D eigenvalue weighted by Gasteiger charge is 2.49. The lowest BCUT2D eigenvalue weighted by Crippen LogP contribution is -2.50. The summed E-state index contributed by atoms with van der Waals surface area (Å²) in [7, 11) is -3.06. The minimum absolute atomic E-state index is 0.0827. The minimum atomic E-state index is -3.06. The van der Waals surface area contributed by atoms with Crippen LogP contribution in [0, 0.1) is 11.3 Å². The maximum Gasteiger partial charge on any atom is 0.214 e. The molecule has 0 atom stereocenters. The van der Waals surface area contributed by atoms with Crippen LogP contribution in [0.15, 0.2) is 0 Å². The molecule has 4 nitrogen and oxygen atoms in total. The molecule has 0 radical (unpaired) electrons. The number of rotatable bonds is 6. The second kappa shape index (κ2) is 5.70. The van der Waals surface area contributed by atoms with E-state index >= 15 is 0 Å². The van der Waals surface area contributed by atoms with Crippen LogP contribution in [0.4, 0.5) is 0 Å². The fourth-order valence-corrected chi connectivity index (χ4v) is 5.30. The summed E-state index contributed by atoms with van der Waals surface area (Å²) in [5.41, 5.74) is 0.0827. The quantitative estimate of drug-likeness (QED) is 0.748. The molecule has 0 amide bonds. The Kier molecular flexibility index (Phi) is 4.58. The molecule has 1 aliphatic carbocycles. The molecule has 0 aromatic carbocycles. The van der Waals surface area contributed by atoms with E-state index in [0.29, 0.717) is 24.8 Å². The van der Waals surface area contributed by atoms with Crippen LogP contribution in [-0.2, 0) is 10.0 Å². The van der Waals surface area contributed by atoms with Crippen LogP contribution in [0.1, 0.15) is 40.0 Å². The molecule has 0 spiro atoms. The van der Waals surface area contributed by atoms with E-state index in [9.17, 15) is 8.42 Å². The first-order valence-corrected chi connectivity index (χ1v) is 9.21. The SMILES string of the molecule is CCCN1CCN(S(=O)(=O)CC2(C(C)C)CC2)CC1. The van der Waals surface area contributed by atoms with Crippen molar-refractivity contribution in [1.29, 1.82) is 0 Å². The average molecular weight is 288 g/mol. The maximum absolute atomic E-state index is 12.5. The van der Waals surface area contributed by atoms with Crippen molar-refractivity contribution in [3.8, 4) is 0 Å². The van der Waals surface area contributed by atoms with Gasteiger partial charge >= 0.3 is 0 Å². The van der Waals surface area contributed by atoms with Gasteiger partial charge in [0.2, 0.25) is 10.0 Å². The smallest absolute Gasteiger partial charge is 0.214 e. The predicted octanol–water partition coefficient (Wildman–Crippen LogP) is 1.78. The molecule has 0 bridgehead atoms. The number of hydrogen-bond donors (Lipinski definition) is 0. The largest absolute Gasteiger partial charge is 0.301 e. The van der Waals surface area contributed by atoms with Crippen molar-refractivity contribution in [2.45, 2.75) is 40.0 Å². The fourth-order valence-electron chi connectivity index (χ4n) is 3.05. The third-order valence-electron chi connectivity index (χ3n) is 4.85. The summed E-state index contributed by atoms with van der Waals surface area (Å²) in [6, 6.07) is 0. The lowest BCUT2D eigenvalue weighted by atomic mass is 9.95. The van der Waals surface area contributed by atoms with Gasteiger partial charge in [0.15, 0.2) is 0 Å². The van der Waals surface area contributed by atoms with E-state index in [1.807, 2.05) is 0 Å². The first-order valence-electron chi connectivity index (χ1n) is 7.60. The summed E-state index contributed by atoms with van der Waals surface area (Å²) in [5.74, 6) is 0.842. The van der Waals surface area contributed by atoms with Crippen LogP contribution in [0.5, 0.6) is 0 Å². The van der Waals surface area contributed by atoms with Gasteiger partial charge in [0.05, 0.1) is 5.75 Å². The van der Waals surface area contributed by atoms with Gasteiger partial charge in [-0.05, 0) is 37.1 Å². The molecule has 0 N–H and O–H groups in total. The molecule has 5 heteroatoms. The number of piperazine rings is 1. The Hall–Kier alpha value is -0.130. The number of nitrogens with zero attached hydrogens (tertiary/aromatic N) is 2. The Balaban J connectivity index is 1.91. The third kappa shape index (κ3) is 3.50. The molecule has 1 saturated heterocycles. The van der Waals surface area contributed by atoms with Crippen molar-refractivity contribution < 1.29 is 8.42 Å². The molecule has 19 heavy (non-hydrogen) atoms.